The zero-order chi connectivity index (χ0) is 29.7. The lowest BCUT2D eigenvalue weighted by atomic mass is 9.96. The van der Waals surface area contributed by atoms with Gasteiger partial charge in [-0.1, -0.05) is 76.8 Å². The summed E-state index contributed by atoms with van der Waals surface area (Å²) in [7, 11) is -0.0678. The number of nitrogens with zero attached hydrogens (tertiary/aromatic N) is 1. The van der Waals surface area contributed by atoms with Crippen LogP contribution in [0.15, 0.2) is 24.3 Å². The summed E-state index contributed by atoms with van der Waals surface area (Å²) in [5, 5.41) is 0. The fourth-order valence-corrected chi connectivity index (χ4v) is 5.36. The van der Waals surface area contributed by atoms with Crippen LogP contribution in [-0.4, -0.2) is 62.2 Å². The predicted octanol–water partition coefficient (Wildman–Crippen LogP) is 8.13. The van der Waals surface area contributed by atoms with E-state index in [1.54, 1.807) is 6.92 Å². The van der Waals surface area contributed by atoms with Crippen LogP contribution in [0.4, 0.5) is 0 Å². The number of hydrogen-bond acceptors (Lipinski definition) is 5. The molecule has 1 rings (SSSR count). The van der Waals surface area contributed by atoms with E-state index in [-0.39, 0.29) is 24.9 Å². The van der Waals surface area contributed by atoms with Crippen molar-refractivity contribution in [3.8, 4) is 5.75 Å². The minimum atomic E-state index is -4.14. The minimum absolute atomic E-state index is 0.0329. The molecule has 0 fully saturated rings. The fourth-order valence-electron chi connectivity index (χ4n) is 4.58. The number of likely N-dealkylation sites (N-methyl/N-ethyl adjacent to an activating group) is 1. The van der Waals surface area contributed by atoms with E-state index in [4.69, 9.17) is 13.8 Å². The molecule has 2 unspecified atom stereocenters. The van der Waals surface area contributed by atoms with Crippen molar-refractivity contribution in [2.24, 2.45) is 5.92 Å². The first-order valence-electron chi connectivity index (χ1n) is 15.7. The zero-order valence-electron chi connectivity index (χ0n) is 26.2. The topological polar surface area (TPSA) is 82.1 Å². The van der Waals surface area contributed by atoms with Gasteiger partial charge < -0.3 is 18.9 Å². The van der Waals surface area contributed by atoms with Crippen molar-refractivity contribution in [3.05, 3.63) is 29.8 Å². The molecule has 1 N–H and O–H groups in total. The highest BCUT2D eigenvalue weighted by Gasteiger charge is 2.25. The Kier molecular flexibility index (Phi) is 19.7. The van der Waals surface area contributed by atoms with Crippen molar-refractivity contribution in [3.63, 3.8) is 0 Å². The van der Waals surface area contributed by atoms with Gasteiger partial charge in [0.05, 0.1) is 33.9 Å². The molecule has 0 spiro atoms. The van der Waals surface area contributed by atoms with Crippen LogP contribution >= 0.6 is 7.82 Å². The number of phosphoric acid groups is 1. The maximum atomic E-state index is 12.3. The smallest absolute Gasteiger partial charge is 0.472 e. The molecule has 2 atom stereocenters. The molecule has 1 aromatic rings. The highest BCUT2D eigenvalue weighted by Crippen LogP contribution is 2.44. The molecule has 0 bridgehead atoms. The van der Waals surface area contributed by atoms with Gasteiger partial charge in [-0.3, -0.25) is 9.05 Å². The van der Waals surface area contributed by atoms with Gasteiger partial charge in [-0.15, -0.1) is 0 Å². The van der Waals surface area contributed by atoms with Crippen LogP contribution in [0, 0.1) is 5.92 Å². The van der Waals surface area contributed by atoms with Gasteiger partial charge >= 0.3 is 7.82 Å². The molecule has 7 nitrogen and oxygen atoms in total. The van der Waals surface area contributed by atoms with Crippen molar-refractivity contribution >= 4 is 13.6 Å². The highest BCUT2D eigenvalue weighted by atomic mass is 31.2. The Balaban J connectivity index is 2.27. The second-order valence-corrected chi connectivity index (χ2v) is 13.4. The maximum absolute atomic E-state index is 12.3. The number of aryl methyl sites for hydroxylation is 1. The number of ether oxygens (including phenoxy) is 1. The van der Waals surface area contributed by atoms with Gasteiger partial charge in [0.15, 0.2) is 0 Å². The van der Waals surface area contributed by atoms with Gasteiger partial charge in [0.2, 0.25) is 0 Å². The molecule has 0 aliphatic rings. The Morgan fingerprint density at radius 1 is 0.875 bits per heavy atom. The van der Waals surface area contributed by atoms with Crippen LogP contribution in [-0.2, 0) is 24.8 Å². The number of hydrogen-bond donors (Lipinski definition) is 1. The van der Waals surface area contributed by atoms with Crippen LogP contribution < -0.4 is 4.74 Å². The van der Waals surface area contributed by atoms with Crippen LogP contribution in [0.5, 0.6) is 5.75 Å². The van der Waals surface area contributed by atoms with Crippen LogP contribution in [0.1, 0.15) is 110 Å². The van der Waals surface area contributed by atoms with E-state index in [1.165, 1.54) is 63.4 Å². The number of benzene rings is 1. The first-order chi connectivity index (χ1) is 19.1. The Labute approximate surface area is 245 Å². The molecule has 232 valence electrons. The number of unbranched alkanes of at least 4 members (excludes halogenated alkanes) is 9. The molecule has 0 radical (unpaired) electrons. The molecule has 0 amide bonds. The number of quaternary nitrogens is 1. The van der Waals surface area contributed by atoms with Crippen molar-refractivity contribution < 1.29 is 32.5 Å². The van der Waals surface area contributed by atoms with Gasteiger partial charge in [-0.05, 0) is 63.1 Å². The van der Waals surface area contributed by atoms with E-state index in [9.17, 15) is 14.3 Å². The average Bonchev–Trinajstić information content (AvgIpc) is 2.90. The average molecular weight is 585 g/mol. The summed E-state index contributed by atoms with van der Waals surface area (Å²) >= 11 is 0. The summed E-state index contributed by atoms with van der Waals surface area (Å²) < 4.78 is 29.3. The van der Waals surface area contributed by atoms with E-state index in [0.717, 1.165) is 44.6 Å². The third-order valence-corrected chi connectivity index (χ3v) is 8.61. The van der Waals surface area contributed by atoms with Crippen molar-refractivity contribution in [1.29, 1.82) is 0 Å². The highest BCUT2D eigenvalue weighted by molar-refractivity contribution is 7.47. The third-order valence-electron chi connectivity index (χ3n) is 7.62. The van der Waals surface area contributed by atoms with Gasteiger partial charge in [-0.2, -0.15) is 0 Å². The predicted molar refractivity (Wildman–Crippen MR) is 165 cm³/mol. The number of carbonyl (C=O) groups excluding carboxylic acids is 1. The van der Waals surface area contributed by atoms with Crippen molar-refractivity contribution in [2.75, 3.05) is 47.0 Å². The molecule has 0 aliphatic carbocycles. The maximum Gasteiger partial charge on any atom is 0.472 e. The quantitative estimate of drug-likeness (QED) is 0.0672. The molecular formula is C32H59NO6P+. The summed E-state index contributed by atoms with van der Waals surface area (Å²) in [6.45, 7) is 8.31. The lowest BCUT2D eigenvalue weighted by Gasteiger charge is -2.28. The molecule has 0 saturated heterocycles. The fraction of sp³-hybridized carbons (Fsp3) is 0.781. The number of rotatable bonds is 26. The van der Waals surface area contributed by atoms with E-state index < -0.39 is 7.82 Å². The number of carbonyl (C=O) groups is 1. The molecule has 0 saturated carbocycles. The molecule has 0 aromatic heterocycles. The van der Waals surface area contributed by atoms with E-state index in [2.05, 4.69) is 26.0 Å². The van der Waals surface area contributed by atoms with Crippen LogP contribution in [0.2, 0.25) is 0 Å². The lowest BCUT2D eigenvalue weighted by Crippen LogP contribution is -2.41. The number of Topliss-reactive ketones (excluding diaryl/α,β-unsaturated/α-hetero) is 1. The minimum Gasteiger partial charge on any atom is -0.494 e. The summed E-state index contributed by atoms with van der Waals surface area (Å²) in [4.78, 5) is 21.8. The number of ketones is 1. The Hall–Kier alpha value is -1.24. The SMILES string of the molecule is CCCCCCCCCCCCOc1ccc(CCCC(COP(=O)(O)OCC[N+](C)(C)CC)CC(C)=O)cc1. The monoisotopic (exact) mass is 584 g/mol. The molecule has 0 aliphatic heterocycles. The normalized spacial score (nSPS) is 14.2. The summed E-state index contributed by atoms with van der Waals surface area (Å²) in [6, 6.07) is 8.24. The van der Waals surface area contributed by atoms with Crippen molar-refractivity contribution in [1.82, 2.24) is 0 Å². The first-order valence-corrected chi connectivity index (χ1v) is 17.2. The van der Waals surface area contributed by atoms with Gasteiger partial charge in [-0.25, -0.2) is 4.57 Å². The molecule has 0 heterocycles. The van der Waals surface area contributed by atoms with E-state index >= 15 is 0 Å². The van der Waals surface area contributed by atoms with Gasteiger partial charge in [0.25, 0.3) is 0 Å². The second-order valence-electron chi connectivity index (χ2n) is 11.9. The zero-order valence-corrected chi connectivity index (χ0v) is 27.1. The molecule has 40 heavy (non-hydrogen) atoms. The summed E-state index contributed by atoms with van der Waals surface area (Å²) in [6.07, 6.45) is 16.0. The van der Waals surface area contributed by atoms with Gasteiger partial charge in [0, 0.05) is 6.42 Å². The van der Waals surface area contributed by atoms with E-state index in [0.29, 0.717) is 17.4 Å². The van der Waals surface area contributed by atoms with Crippen LogP contribution in [0.3, 0.4) is 0 Å². The Morgan fingerprint density at radius 3 is 2.05 bits per heavy atom. The summed E-state index contributed by atoms with van der Waals surface area (Å²) in [5.74, 6) is 0.837. The lowest BCUT2D eigenvalue weighted by molar-refractivity contribution is -0.888. The summed E-state index contributed by atoms with van der Waals surface area (Å²) in [5.41, 5.74) is 1.21. The standard InChI is InChI=1S/C32H58NO6P/c1-6-8-9-10-11-12-13-14-15-16-25-37-32-22-20-30(21-23-32)18-17-19-31(27-29(3)34)28-39-40(35,36)38-26-24-33(4,5)7-2/h20-23,31H,6-19,24-28H2,1-5H3/p+1. The Morgan fingerprint density at radius 2 is 1.48 bits per heavy atom. The molecular weight excluding hydrogens is 525 g/mol. The molecule has 8 heteroatoms. The van der Waals surface area contributed by atoms with E-state index in [1.807, 2.05) is 26.2 Å². The van der Waals surface area contributed by atoms with Crippen LogP contribution in [0.25, 0.3) is 0 Å². The molecule has 1 aromatic carbocycles. The van der Waals surface area contributed by atoms with Crippen molar-refractivity contribution in [2.45, 2.75) is 111 Å². The largest absolute Gasteiger partial charge is 0.494 e. The number of phosphoric ester groups is 1. The first kappa shape index (κ1) is 36.8. The second kappa shape index (κ2) is 21.5. The van der Waals surface area contributed by atoms with Gasteiger partial charge in [0.1, 0.15) is 24.7 Å². The Bertz CT molecular complexity index is 829. The third kappa shape index (κ3) is 19.8.